The van der Waals surface area contributed by atoms with Gasteiger partial charge in [0.2, 0.25) is 0 Å². The first-order valence-corrected chi connectivity index (χ1v) is 5.08. The predicted molar refractivity (Wildman–Crippen MR) is 47.7 cm³/mol. The van der Waals surface area contributed by atoms with E-state index < -0.39 is 9.92 Å². The highest BCUT2D eigenvalue weighted by Gasteiger charge is 2.14. The average molecular weight is 180 g/mol. The van der Waals surface area contributed by atoms with Crippen molar-refractivity contribution in [2.45, 2.75) is 4.90 Å². The topological polar surface area (TPSA) is 53.0 Å². The Morgan fingerprint density at radius 3 is 2.83 bits per heavy atom. The zero-order valence-corrected chi connectivity index (χ0v) is 7.10. The molecule has 0 aromatic heterocycles. The molecule has 0 radical (unpaired) electrons. The van der Waals surface area contributed by atoms with Crippen LogP contribution in [-0.4, -0.2) is 4.21 Å². The minimum absolute atomic E-state index is 0.563. The van der Waals surface area contributed by atoms with Crippen molar-refractivity contribution in [3.05, 3.63) is 36.0 Å². The summed E-state index contributed by atoms with van der Waals surface area (Å²) in [6, 6.07) is 7.21. The fraction of sp³-hybridized carbons (Fsp3) is 0. The first-order valence-electron chi connectivity index (χ1n) is 3.52. The molecular formula is C8H8N2OS. The molecule has 0 aliphatic carbocycles. The Morgan fingerprint density at radius 1 is 1.33 bits per heavy atom. The largest absolute Gasteiger partial charge is 0.302 e. The first kappa shape index (κ1) is 7.36. The highest BCUT2D eigenvalue weighted by molar-refractivity contribution is 7.90. The molecule has 62 valence electrons. The normalized spacial score (nSPS) is 26.0. The van der Waals surface area contributed by atoms with Crippen molar-refractivity contribution in [3.8, 4) is 0 Å². The average Bonchev–Trinajstić information content (AvgIpc) is 2.04. The van der Waals surface area contributed by atoms with Gasteiger partial charge in [0.05, 0.1) is 4.90 Å². The fourth-order valence-corrected chi connectivity index (χ4v) is 2.29. The molecule has 1 aliphatic rings. The van der Waals surface area contributed by atoms with Crippen molar-refractivity contribution in [1.82, 2.24) is 4.72 Å². The van der Waals surface area contributed by atoms with Crippen LogP contribution in [0.2, 0.25) is 0 Å². The van der Waals surface area contributed by atoms with Gasteiger partial charge in [-0.05, 0) is 17.7 Å². The maximum atomic E-state index is 11.5. The summed E-state index contributed by atoms with van der Waals surface area (Å²) in [7, 11) is -2.78. The van der Waals surface area contributed by atoms with E-state index >= 15 is 0 Å². The lowest BCUT2D eigenvalue weighted by Crippen LogP contribution is -2.19. The van der Waals surface area contributed by atoms with Gasteiger partial charge in [-0.1, -0.05) is 18.2 Å². The first-order chi connectivity index (χ1) is 5.70. The van der Waals surface area contributed by atoms with Gasteiger partial charge in [-0.15, -0.1) is 0 Å². The molecule has 0 amide bonds. The molecule has 2 rings (SSSR count). The van der Waals surface area contributed by atoms with Crippen molar-refractivity contribution in [3.63, 3.8) is 0 Å². The predicted octanol–water partition coefficient (Wildman–Crippen LogP) is 1.58. The zero-order chi connectivity index (χ0) is 8.60. The van der Waals surface area contributed by atoms with E-state index in [1.807, 2.05) is 18.2 Å². The molecule has 0 bridgehead atoms. The molecule has 0 spiro atoms. The maximum absolute atomic E-state index is 11.5. The Labute approximate surface area is 71.2 Å². The van der Waals surface area contributed by atoms with Crippen LogP contribution in [0.1, 0.15) is 5.56 Å². The summed E-state index contributed by atoms with van der Waals surface area (Å²) in [5.41, 5.74) is 0.858. The van der Waals surface area contributed by atoms with Gasteiger partial charge in [0, 0.05) is 6.20 Å². The van der Waals surface area contributed by atoms with Gasteiger partial charge in [0.15, 0.2) is 9.92 Å². The smallest absolute Gasteiger partial charge is 0.156 e. The van der Waals surface area contributed by atoms with Crippen molar-refractivity contribution in [1.29, 1.82) is 4.78 Å². The van der Waals surface area contributed by atoms with E-state index in [0.717, 1.165) is 5.56 Å². The molecule has 0 fully saturated rings. The van der Waals surface area contributed by atoms with Crippen molar-refractivity contribution in [2.24, 2.45) is 0 Å². The molecule has 12 heavy (non-hydrogen) atoms. The van der Waals surface area contributed by atoms with E-state index in [0.29, 0.717) is 4.90 Å². The van der Waals surface area contributed by atoms with Crippen molar-refractivity contribution < 1.29 is 4.21 Å². The highest BCUT2D eigenvalue weighted by atomic mass is 32.2. The van der Waals surface area contributed by atoms with E-state index in [1.54, 1.807) is 18.3 Å². The second-order valence-corrected chi connectivity index (χ2v) is 4.33. The molecule has 4 heteroatoms. The van der Waals surface area contributed by atoms with Crippen LogP contribution in [-0.2, 0) is 9.92 Å². The second kappa shape index (κ2) is 2.35. The zero-order valence-electron chi connectivity index (χ0n) is 6.28. The summed E-state index contributed by atoms with van der Waals surface area (Å²) in [5.74, 6) is 0. The lowest BCUT2D eigenvalue weighted by atomic mass is 10.2. The quantitative estimate of drug-likeness (QED) is 0.625. The monoisotopic (exact) mass is 180 g/mol. The van der Waals surface area contributed by atoms with Gasteiger partial charge in [-0.2, -0.15) is 0 Å². The summed E-state index contributed by atoms with van der Waals surface area (Å²) >= 11 is 0. The van der Waals surface area contributed by atoms with Crippen LogP contribution < -0.4 is 4.72 Å². The standard InChI is InChI=1S/C8H8N2OS/c9-12(11)8-4-2-1-3-7(8)5-6-10-12/h1-6H,(H2,9,10,11). The lowest BCUT2D eigenvalue weighted by molar-refractivity contribution is 0.670. The summed E-state index contributed by atoms with van der Waals surface area (Å²) in [5, 5.41) is 0. The Hall–Kier alpha value is -1.29. The number of benzene rings is 1. The third-order valence-corrected chi connectivity index (χ3v) is 3.18. The molecule has 1 aliphatic heterocycles. The molecule has 2 N–H and O–H groups in total. The molecule has 0 saturated carbocycles. The fourth-order valence-electron chi connectivity index (χ4n) is 1.16. The van der Waals surface area contributed by atoms with Crippen LogP contribution in [0.25, 0.3) is 6.08 Å². The molecule has 3 nitrogen and oxygen atoms in total. The van der Waals surface area contributed by atoms with Crippen LogP contribution in [0, 0.1) is 4.78 Å². The minimum atomic E-state index is -2.78. The van der Waals surface area contributed by atoms with Crippen LogP contribution in [0.5, 0.6) is 0 Å². The molecule has 1 heterocycles. The van der Waals surface area contributed by atoms with E-state index in [1.165, 1.54) is 0 Å². The van der Waals surface area contributed by atoms with Gasteiger partial charge in [-0.25, -0.2) is 8.99 Å². The van der Waals surface area contributed by atoms with Crippen LogP contribution >= 0.6 is 0 Å². The molecule has 1 aromatic rings. The molecule has 1 atom stereocenters. The summed E-state index contributed by atoms with van der Waals surface area (Å²) in [4.78, 5) is 0.563. The van der Waals surface area contributed by atoms with Crippen LogP contribution in [0.4, 0.5) is 0 Å². The van der Waals surface area contributed by atoms with Crippen molar-refractivity contribution in [2.75, 3.05) is 0 Å². The lowest BCUT2D eigenvalue weighted by Gasteiger charge is -2.14. The summed E-state index contributed by atoms with van der Waals surface area (Å²) < 4.78 is 21.5. The Kier molecular flexibility index (Phi) is 1.44. The minimum Gasteiger partial charge on any atom is -0.302 e. The third kappa shape index (κ3) is 1.00. The van der Waals surface area contributed by atoms with Crippen LogP contribution in [0.15, 0.2) is 35.4 Å². The number of hydrogen-bond acceptors (Lipinski definition) is 2. The number of nitrogens with one attached hydrogen (secondary N) is 2. The third-order valence-electron chi connectivity index (χ3n) is 1.73. The number of hydrogen-bond donors (Lipinski definition) is 2. The SMILES string of the molecule is N=S1(=O)NC=Cc2ccccc21. The molecule has 0 saturated heterocycles. The summed E-state index contributed by atoms with van der Waals surface area (Å²) in [6.07, 6.45) is 3.37. The van der Waals surface area contributed by atoms with Gasteiger partial charge in [-0.3, -0.25) is 0 Å². The Balaban J connectivity index is 2.77. The number of fused-ring (bicyclic) bond motifs is 1. The van der Waals surface area contributed by atoms with Crippen molar-refractivity contribution >= 4 is 16.0 Å². The van der Waals surface area contributed by atoms with Crippen LogP contribution in [0.3, 0.4) is 0 Å². The summed E-state index contributed by atoms with van der Waals surface area (Å²) in [6.45, 7) is 0. The second-order valence-electron chi connectivity index (χ2n) is 2.55. The van der Waals surface area contributed by atoms with Gasteiger partial charge in [0.1, 0.15) is 0 Å². The molecular weight excluding hydrogens is 172 g/mol. The number of rotatable bonds is 0. The van der Waals surface area contributed by atoms with E-state index in [9.17, 15) is 4.21 Å². The van der Waals surface area contributed by atoms with E-state index in [4.69, 9.17) is 4.78 Å². The molecule has 1 aromatic carbocycles. The van der Waals surface area contributed by atoms with Gasteiger partial charge >= 0.3 is 0 Å². The molecule has 1 unspecified atom stereocenters. The Bertz CT molecular complexity index is 434. The van der Waals surface area contributed by atoms with E-state index in [2.05, 4.69) is 4.72 Å². The van der Waals surface area contributed by atoms with Gasteiger partial charge in [0.25, 0.3) is 0 Å². The van der Waals surface area contributed by atoms with E-state index in [-0.39, 0.29) is 0 Å². The highest BCUT2D eigenvalue weighted by Crippen LogP contribution is 2.19. The van der Waals surface area contributed by atoms with Gasteiger partial charge < -0.3 is 4.72 Å². The maximum Gasteiger partial charge on any atom is 0.156 e. The Morgan fingerprint density at radius 2 is 2.08 bits per heavy atom.